The fourth-order valence-electron chi connectivity index (χ4n) is 2.11. The van der Waals surface area contributed by atoms with Crippen molar-refractivity contribution >= 4 is 16.7 Å². The maximum Gasteiger partial charge on any atom is 0.313 e. The van der Waals surface area contributed by atoms with Crippen LogP contribution in [0.15, 0.2) is 36.4 Å². The molecule has 0 radical (unpaired) electrons. The molecular formula is C17H20O4. The van der Waals surface area contributed by atoms with Crippen molar-refractivity contribution in [3.05, 3.63) is 42.0 Å². The summed E-state index contributed by atoms with van der Waals surface area (Å²) < 4.78 is 10.4. The maximum absolute atomic E-state index is 12.0. The number of esters is 1. The van der Waals surface area contributed by atoms with E-state index in [4.69, 9.17) is 14.6 Å². The highest BCUT2D eigenvalue weighted by Gasteiger charge is 2.19. The van der Waals surface area contributed by atoms with Gasteiger partial charge < -0.3 is 14.6 Å². The summed E-state index contributed by atoms with van der Waals surface area (Å²) in [4.78, 5) is 12.0. The highest BCUT2D eigenvalue weighted by Crippen LogP contribution is 2.25. The quantitative estimate of drug-likeness (QED) is 0.860. The predicted octanol–water partition coefficient (Wildman–Crippen LogP) is 2.88. The van der Waals surface area contributed by atoms with Crippen LogP contribution in [0.1, 0.15) is 25.3 Å². The summed E-state index contributed by atoms with van der Waals surface area (Å²) in [5.41, 5.74) is 0.891. The van der Waals surface area contributed by atoms with E-state index in [2.05, 4.69) is 0 Å². The SMILES string of the molecule is COc1ccc2cc([C@H](C)C(=O)OC(C)CO)ccc2c1. The van der Waals surface area contributed by atoms with E-state index >= 15 is 0 Å². The van der Waals surface area contributed by atoms with Crippen LogP contribution in [0.5, 0.6) is 5.75 Å². The van der Waals surface area contributed by atoms with Crippen LogP contribution in [-0.4, -0.2) is 30.9 Å². The summed E-state index contributed by atoms with van der Waals surface area (Å²) in [6.45, 7) is 3.30. The van der Waals surface area contributed by atoms with E-state index < -0.39 is 6.10 Å². The van der Waals surface area contributed by atoms with Gasteiger partial charge in [0.05, 0.1) is 19.6 Å². The number of methoxy groups -OCH3 is 1. The van der Waals surface area contributed by atoms with Crippen molar-refractivity contribution in [2.75, 3.05) is 13.7 Å². The van der Waals surface area contributed by atoms with Crippen LogP contribution in [0.4, 0.5) is 0 Å². The lowest BCUT2D eigenvalue weighted by molar-refractivity contribution is -0.151. The zero-order valence-corrected chi connectivity index (χ0v) is 12.5. The minimum atomic E-state index is -0.482. The van der Waals surface area contributed by atoms with Gasteiger partial charge in [-0.3, -0.25) is 4.79 Å². The molecule has 2 atom stereocenters. The Labute approximate surface area is 124 Å². The van der Waals surface area contributed by atoms with E-state index in [9.17, 15) is 4.79 Å². The van der Waals surface area contributed by atoms with E-state index in [1.54, 1.807) is 21.0 Å². The van der Waals surface area contributed by atoms with Crippen molar-refractivity contribution in [2.45, 2.75) is 25.9 Å². The summed E-state index contributed by atoms with van der Waals surface area (Å²) >= 11 is 0. The van der Waals surface area contributed by atoms with Gasteiger partial charge in [-0.2, -0.15) is 0 Å². The molecule has 0 aliphatic heterocycles. The van der Waals surface area contributed by atoms with E-state index in [0.29, 0.717) is 0 Å². The van der Waals surface area contributed by atoms with Crippen LogP contribution < -0.4 is 4.74 Å². The van der Waals surface area contributed by atoms with E-state index in [-0.39, 0.29) is 18.5 Å². The monoisotopic (exact) mass is 288 g/mol. The summed E-state index contributed by atoms with van der Waals surface area (Å²) in [6, 6.07) is 11.7. The first-order valence-electron chi connectivity index (χ1n) is 6.94. The molecule has 0 saturated heterocycles. The average Bonchev–Trinajstić information content (AvgIpc) is 2.52. The largest absolute Gasteiger partial charge is 0.497 e. The molecule has 0 heterocycles. The number of carbonyl (C=O) groups excluding carboxylic acids is 1. The molecule has 0 spiro atoms. The highest BCUT2D eigenvalue weighted by atomic mass is 16.6. The molecule has 1 N–H and O–H groups in total. The van der Waals surface area contributed by atoms with Crippen molar-refractivity contribution in [3.63, 3.8) is 0 Å². The lowest BCUT2D eigenvalue weighted by atomic mass is 9.98. The Morgan fingerprint density at radius 3 is 2.48 bits per heavy atom. The summed E-state index contributed by atoms with van der Waals surface area (Å²) in [5.74, 6) is 0.106. The number of ether oxygens (including phenoxy) is 2. The van der Waals surface area contributed by atoms with Crippen LogP contribution in [0.25, 0.3) is 10.8 Å². The number of carbonyl (C=O) groups is 1. The van der Waals surface area contributed by atoms with Gasteiger partial charge in [0.1, 0.15) is 11.9 Å². The van der Waals surface area contributed by atoms with Crippen molar-refractivity contribution < 1.29 is 19.4 Å². The Balaban J connectivity index is 2.24. The van der Waals surface area contributed by atoms with Crippen LogP contribution in [0, 0.1) is 0 Å². The second-order valence-electron chi connectivity index (χ2n) is 5.12. The lowest BCUT2D eigenvalue weighted by Crippen LogP contribution is -2.22. The Kier molecular flexibility index (Phi) is 4.81. The van der Waals surface area contributed by atoms with Gasteiger partial charge in [0.2, 0.25) is 0 Å². The summed E-state index contributed by atoms with van der Waals surface area (Å²) in [5, 5.41) is 11.0. The average molecular weight is 288 g/mol. The third kappa shape index (κ3) is 3.52. The third-order valence-electron chi connectivity index (χ3n) is 3.50. The van der Waals surface area contributed by atoms with E-state index in [0.717, 1.165) is 22.1 Å². The van der Waals surface area contributed by atoms with Gasteiger partial charge in [0.25, 0.3) is 0 Å². The van der Waals surface area contributed by atoms with Crippen molar-refractivity contribution in [1.82, 2.24) is 0 Å². The van der Waals surface area contributed by atoms with Gasteiger partial charge in [-0.25, -0.2) is 0 Å². The maximum atomic E-state index is 12.0. The first-order chi connectivity index (χ1) is 10.0. The van der Waals surface area contributed by atoms with Gasteiger partial charge in [-0.1, -0.05) is 24.3 Å². The second kappa shape index (κ2) is 6.59. The van der Waals surface area contributed by atoms with Crippen molar-refractivity contribution in [1.29, 1.82) is 0 Å². The minimum absolute atomic E-state index is 0.171. The standard InChI is InChI=1S/C17H20O4/c1-11(10-18)21-17(19)12(2)13-4-5-15-9-16(20-3)7-6-14(15)8-13/h4-9,11-12,18H,10H2,1-3H3/t11?,12-/m0/s1. The summed E-state index contributed by atoms with van der Waals surface area (Å²) in [6.07, 6.45) is -0.482. The van der Waals surface area contributed by atoms with Crippen LogP contribution in [-0.2, 0) is 9.53 Å². The fourth-order valence-corrected chi connectivity index (χ4v) is 2.11. The van der Waals surface area contributed by atoms with Crippen LogP contribution in [0.3, 0.4) is 0 Å². The van der Waals surface area contributed by atoms with Gasteiger partial charge in [-0.05, 0) is 42.3 Å². The zero-order valence-electron chi connectivity index (χ0n) is 12.5. The molecule has 112 valence electrons. The molecule has 0 amide bonds. The smallest absolute Gasteiger partial charge is 0.313 e. The number of fused-ring (bicyclic) bond motifs is 1. The first-order valence-corrected chi connectivity index (χ1v) is 6.94. The minimum Gasteiger partial charge on any atom is -0.497 e. The van der Waals surface area contributed by atoms with Crippen molar-refractivity contribution in [3.8, 4) is 5.75 Å². The molecule has 21 heavy (non-hydrogen) atoms. The molecule has 2 aromatic rings. The van der Waals surface area contributed by atoms with E-state index in [1.165, 1.54) is 0 Å². The normalized spacial score (nSPS) is 13.7. The predicted molar refractivity (Wildman–Crippen MR) is 81.6 cm³/mol. The molecule has 2 aromatic carbocycles. The van der Waals surface area contributed by atoms with Gasteiger partial charge >= 0.3 is 5.97 Å². The molecule has 0 saturated carbocycles. The molecule has 1 unspecified atom stereocenters. The van der Waals surface area contributed by atoms with Gasteiger partial charge in [0.15, 0.2) is 0 Å². The number of benzene rings is 2. The van der Waals surface area contributed by atoms with Gasteiger partial charge in [-0.15, -0.1) is 0 Å². The molecule has 4 heteroatoms. The number of aliphatic hydroxyl groups excluding tert-OH is 1. The van der Waals surface area contributed by atoms with E-state index in [1.807, 2.05) is 36.4 Å². The van der Waals surface area contributed by atoms with Gasteiger partial charge in [0, 0.05) is 0 Å². The molecule has 0 bridgehead atoms. The topological polar surface area (TPSA) is 55.8 Å². The number of aliphatic hydroxyl groups is 1. The molecular weight excluding hydrogens is 268 g/mol. The zero-order chi connectivity index (χ0) is 15.4. The Hall–Kier alpha value is -2.07. The van der Waals surface area contributed by atoms with Crippen LogP contribution >= 0.6 is 0 Å². The number of hydrogen-bond donors (Lipinski definition) is 1. The molecule has 2 rings (SSSR count). The Bertz CT molecular complexity index is 636. The first kappa shape index (κ1) is 15.3. The van der Waals surface area contributed by atoms with Crippen LogP contribution in [0.2, 0.25) is 0 Å². The fraction of sp³-hybridized carbons (Fsp3) is 0.353. The Morgan fingerprint density at radius 1 is 1.14 bits per heavy atom. The third-order valence-corrected chi connectivity index (χ3v) is 3.50. The number of hydrogen-bond acceptors (Lipinski definition) is 4. The second-order valence-corrected chi connectivity index (χ2v) is 5.12. The molecule has 0 aromatic heterocycles. The summed E-state index contributed by atoms with van der Waals surface area (Å²) in [7, 11) is 1.63. The molecule has 4 nitrogen and oxygen atoms in total. The number of rotatable bonds is 5. The lowest BCUT2D eigenvalue weighted by Gasteiger charge is -2.16. The highest BCUT2D eigenvalue weighted by molar-refractivity contribution is 5.86. The molecule has 0 aliphatic rings. The van der Waals surface area contributed by atoms with Crippen molar-refractivity contribution in [2.24, 2.45) is 0 Å². The molecule has 0 aliphatic carbocycles. The molecule has 0 fully saturated rings. The Morgan fingerprint density at radius 2 is 1.81 bits per heavy atom.